The van der Waals surface area contributed by atoms with Gasteiger partial charge < -0.3 is 10.6 Å². The van der Waals surface area contributed by atoms with Crippen LogP contribution in [0.3, 0.4) is 0 Å². The number of hydrogen-bond donors (Lipinski definition) is 1. The normalized spacial score (nSPS) is 19.0. The van der Waals surface area contributed by atoms with Crippen LogP contribution in [0.5, 0.6) is 0 Å². The van der Waals surface area contributed by atoms with E-state index in [0.717, 1.165) is 25.2 Å². The third kappa shape index (κ3) is 2.00. The van der Waals surface area contributed by atoms with Crippen LogP contribution in [0.15, 0.2) is 30.5 Å². The summed E-state index contributed by atoms with van der Waals surface area (Å²) in [5.41, 5.74) is 7.60. The molecule has 1 atom stereocenters. The van der Waals surface area contributed by atoms with Crippen LogP contribution in [0.4, 0.5) is 11.4 Å². The van der Waals surface area contributed by atoms with E-state index in [1.807, 2.05) is 0 Å². The summed E-state index contributed by atoms with van der Waals surface area (Å²) in [6.07, 6.45) is 2.59. The van der Waals surface area contributed by atoms with Crippen molar-refractivity contribution in [3.63, 3.8) is 0 Å². The van der Waals surface area contributed by atoms with Crippen LogP contribution in [0.2, 0.25) is 0 Å². The van der Waals surface area contributed by atoms with Gasteiger partial charge in [0.25, 0.3) is 5.69 Å². The van der Waals surface area contributed by atoms with Gasteiger partial charge in [0, 0.05) is 31.4 Å². The molecule has 1 aliphatic heterocycles. The average Bonchev–Trinajstić information content (AvgIpc) is 2.83. The first-order valence-electron chi connectivity index (χ1n) is 6.19. The number of fused-ring (bicyclic) bond motifs is 1. The van der Waals surface area contributed by atoms with Crippen molar-refractivity contribution in [2.24, 2.45) is 5.73 Å². The van der Waals surface area contributed by atoms with E-state index in [1.54, 1.807) is 30.5 Å². The highest BCUT2D eigenvalue weighted by atomic mass is 16.6. The highest BCUT2D eigenvalue weighted by molar-refractivity contribution is 5.97. The Morgan fingerprint density at radius 2 is 2.26 bits per heavy atom. The molecule has 6 heteroatoms. The average molecular weight is 258 g/mol. The zero-order chi connectivity index (χ0) is 13.4. The lowest BCUT2D eigenvalue weighted by Crippen LogP contribution is -2.26. The van der Waals surface area contributed by atoms with Gasteiger partial charge in [0.15, 0.2) is 0 Å². The summed E-state index contributed by atoms with van der Waals surface area (Å²) in [6.45, 7) is 1.63. The van der Waals surface area contributed by atoms with Gasteiger partial charge in [-0.3, -0.25) is 15.1 Å². The van der Waals surface area contributed by atoms with Crippen LogP contribution in [0.25, 0.3) is 10.9 Å². The highest BCUT2D eigenvalue weighted by Gasteiger charge is 2.23. The molecule has 0 bridgehead atoms. The molecule has 0 amide bonds. The maximum Gasteiger partial charge on any atom is 0.278 e. The standard InChI is InChI=1S/C13H14N4O2/c14-9-5-7-16(8-9)12-4-3-11(17(18)19)10-2-1-6-15-13(10)12/h1-4,6,9H,5,7-8,14H2. The minimum Gasteiger partial charge on any atom is -0.368 e. The van der Waals surface area contributed by atoms with Gasteiger partial charge in [-0.2, -0.15) is 0 Å². The number of non-ortho nitro benzene ring substituents is 1. The molecule has 19 heavy (non-hydrogen) atoms. The van der Waals surface area contributed by atoms with E-state index < -0.39 is 0 Å². The number of hydrogen-bond acceptors (Lipinski definition) is 5. The summed E-state index contributed by atoms with van der Waals surface area (Å²) in [4.78, 5) is 17.1. The summed E-state index contributed by atoms with van der Waals surface area (Å²) in [7, 11) is 0. The molecule has 98 valence electrons. The minimum absolute atomic E-state index is 0.0929. The molecule has 0 saturated carbocycles. The van der Waals surface area contributed by atoms with Crippen molar-refractivity contribution >= 4 is 22.3 Å². The number of anilines is 1. The van der Waals surface area contributed by atoms with Crippen molar-refractivity contribution in [3.05, 3.63) is 40.6 Å². The monoisotopic (exact) mass is 258 g/mol. The Morgan fingerprint density at radius 1 is 1.42 bits per heavy atom. The maximum absolute atomic E-state index is 11.0. The second-order valence-electron chi connectivity index (χ2n) is 4.76. The molecule has 0 radical (unpaired) electrons. The number of nitro groups is 1. The van der Waals surface area contributed by atoms with E-state index in [4.69, 9.17) is 5.73 Å². The van der Waals surface area contributed by atoms with Crippen LogP contribution in [0, 0.1) is 10.1 Å². The summed E-state index contributed by atoms with van der Waals surface area (Å²) in [5, 5.41) is 11.6. The van der Waals surface area contributed by atoms with E-state index >= 15 is 0 Å². The van der Waals surface area contributed by atoms with E-state index in [0.29, 0.717) is 10.9 Å². The smallest absolute Gasteiger partial charge is 0.278 e. The first-order valence-corrected chi connectivity index (χ1v) is 6.19. The van der Waals surface area contributed by atoms with E-state index in [9.17, 15) is 10.1 Å². The van der Waals surface area contributed by atoms with Crippen molar-refractivity contribution in [1.82, 2.24) is 4.98 Å². The topological polar surface area (TPSA) is 85.3 Å². The number of nitrogens with two attached hydrogens (primary N) is 1. The largest absolute Gasteiger partial charge is 0.368 e. The Bertz CT molecular complexity index is 644. The minimum atomic E-state index is -0.372. The van der Waals surface area contributed by atoms with Gasteiger partial charge in [-0.1, -0.05) is 0 Å². The van der Waals surface area contributed by atoms with Crippen LogP contribution >= 0.6 is 0 Å². The number of aromatic nitrogens is 1. The fourth-order valence-electron chi connectivity index (χ4n) is 2.56. The Balaban J connectivity index is 2.17. The van der Waals surface area contributed by atoms with Gasteiger partial charge in [-0.25, -0.2) is 0 Å². The van der Waals surface area contributed by atoms with Crippen LogP contribution in [0.1, 0.15) is 6.42 Å². The SMILES string of the molecule is NC1CCN(c2ccc([N+](=O)[O-])c3cccnc23)C1. The zero-order valence-electron chi connectivity index (χ0n) is 10.3. The van der Waals surface area contributed by atoms with Gasteiger partial charge >= 0.3 is 0 Å². The summed E-state index contributed by atoms with van der Waals surface area (Å²) >= 11 is 0. The molecule has 1 fully saturated rings. The van der Waals surface area contributed by atoms with Gasteiger partial charge in [0.05, 0.1) is 16.0 Å². The highest BCUT2D eigenvalue weighted by Crippen LogP contribution is 2.33. The van der Waals surface area contributed by atoms with Crippen molar-refractivity contribution < 1.29 is 4.92 Å². The lowest BCUT2D eigenvalue weighted by molar-refractivity contribution is -0.383. The van der Waals surface area contributed by atoms with E-state index in [-0.39, 0.29) is 16.7 Å². The quantitative estimate of drug-likeness (QED) is 0.654. The molecule has 3 rings (SSSR count). The Kier molecular flexibility index (Phi) is 2.79. The van der Waals surface area contributed by atoms with Crippen molar-refractivity contribution in [2.75, 3.05) is 18.0 Å². The van der Waals surface area contributed by atoms with Crippen LogP contribution < -0.4 is 10.6 Å². The number of benzene rings is 1. The summed E-state index contributed by atoms with van der Waals surface area (Å²) in [5.74, 6) is 0. The number of rotatable bonds is 2. The predicted octanol–water partition coefficient (Wildman–Crippen LogP) is 1.68. The van der Waals surface area contributed by atoms with E-state index in [1.165, 1.54) is 0 Å². The molecule has 6 nitrogen and oxygen atoms in total. The summed E-state index contributed by atoms with van der Waals surface area (Å²) < 4.78 is 0. The Labute approximate surface area is 110 Å². The van der Waals surface area contributed by atoms with Crippen LogP contribution in [-0.2, 0) is 0 Å². The Hall–Kier alpha value is -2.21. The Morgan fingerprint density at radius 3 is 2.95 bits per heavy atom. The van der Waals surface area contributed by atoms with Crippen molar-refractivity contribution in [1.29, 1.82) is 0 Å². The summed E-state index contributed by atoms with van der Waals surface area (Å²) in [6, 6.07) is 6.93. The molecule has 0 aliphatic carbocycles. The van der Waals surface area contributed by atoms with Crippen LogP contribution in [-0.4, -0.2) is 29.0 Å². The molecule has 1 saturated heterocycles. The molecular formula is C13H14N4O2. The molecule has 2 aromatic rings. The molecule has 1 aliphatic rings. The number of pyridine rings is 1. The molecule has 2 N–H and O–H groups in total. The third-order valence-corrected chi connectivity index (χ3v) is 3.49. The second-order valence-corrected chi connectivity index (χ2v) is 4.76. The number of nitrogens with zero attached hydrogens (tertiary/aromatic N) is 3. The van der Waals surface area contributed by atoms with Gasteiger partial charge in [0.2, 0.25) is 0 Å². The van der Waals surface area contributed by atoms with Crippen molar-refractivity contribution in [2.45, 2.75) is 12.5 Å². The molecule has 1 aromatic heterocycles. The first-order chi connectivity index (χ1) is 9.16. The zero-order valence-corrected chi connectivity index (χ0v) is 10.3. The molecular weight excluding hydrogens is 244 g/mol. The third-order valence-electron chi connectivity index (χ3n) is 3.49. The van der Waals surface area contributed by atoms with Gasteiger partial charge in [-0.15, -0.1) is 0 Å². The second kappa shape index (κ2) is 4.47. The lowest BCUT2D eigenvalue weighted by atomic mass is 10.1. The maximum atomic E-state index is 11.0. The fourth-order valence-corrected chi connectivity index (χ4v) is 2.56. The van der Waals surface area contributed by atoms with Gasteiger partial charge in [-0.05, 0) is 24.6 Å². The molecule has 0 spiro atoms. The first kappa shape index (κ1) is 11.9. The van der Waals surface area contributed by atoms with Crippen molar-refractivity contribution in [3.8, 4) is 0 Å². The molecule has 1 unspecified atom stereocenters. The molecule has 2 heterocycles. The lowest BCUT2D eigenvalue weighted by Gasteiger charge is -2.19. The fraction of sp³-hybridized carbons (Fsp3) is 0.308. The molecule has 1 aromatic carbocycles. The number of nitro benzene ring substituents is 1. The van der Waals surface area contributed by atoms with Gasteiger partial charge in [0.1, 0.15) is 5.52 Å². The predicted molar refractivity (Wildman–Crippen MR) is 73.2 cm³/mol. The van der Waals surface area contributed by atoms with E-state index in [2.05, 4.69) is 9.88 Å².